The number of morpholine rings is 1. The lowest BCUT2D eigenvalue weighted by Gasteiger charge is -2.33. The van der Waals surface area contributed by atoms with Crippen molar-refractivity contribution < 1.29 is 13.2 Å². The second kappa shape index (κ2) is 5.31. The van der Waals surface area contributed by atoms with E-state index in [1.165, 1.54) is 22.7 Å². The number of nitrogens with zero attached hydrogens (tertiary/aromatic N) is 3. The van der Waals surface area contributed by atoms with Crippen LogP contribution in [0.1, 0.15) is 11.8 Å². The molecule has 1 aromatic heterocycles. The number of aromatic nitrogens is 1. The third-order valence-electron chi connectivity index (χ3n) is 2.83. The SMILES string of the molecule is CN(C)S(=O)(=O)N1CCO[C@H](c2ccccn2)C1. The summed E-state index contributed by atoms with van der Waals surface area (Å²) in [5.74, 6) is 0. The Balaban J connectivity index is 2.15. The fourth-order valence-corrected chi connectivity index (χ4v) is 2.90. The minimum absolute atomic E-state index is 0.297. The van der Waals surface area contributed by atoms with E-state index < -0.39 is 10.2 Å². The molecule has 0 bridgehead atoms. The number of pyridine rings is 1. The highest BCUT2D eigenvalue weighted by Gasteiger charge is 2.31. The fraction of sp³-hybridized carbons (Fsp3) is 0.545. The second-order valence-electron chi connectivity index (χ2n) is 4.26. The maximum absolute atomic E-state index is 12.0. The molecule has 0 amide bonds. The number of hydrogen-bond donors (Lipinski definition) is 0. The molecule has 18 heavy (non-hydrogen) atoms. The minimum Gasteiger partial charge on any atom is -0.369 e. The summed E-state index contributed by atoms with van der Waals surface area (Å²) in [5, 5.41) is 0. The van der Waals surface area contributed by atoms with Gasteiger partial charge in [-0.25, -0.2) is 0 Å². The van der Waals surface area contributed by atoms with Crippen molar-refractivity contribution in [2.75, 3.05) is 33.8 Å². The highest BCUT2D eigenvalue weighted by atomic mass is 32.2. The molecule has 2 heterocycles. The molecule has 2 rings (SSSR count). The summed E-state index contributed by atoms with van der Waals surface area (Å²) in [6.45, 7) is 1.07. The molecule has 1 aliphatic rings. The molecule has 0 radical (unpaired) electrons. The molecule has 0 aromatic carbocycles. The molecule has 6 nitrogen and oxygen atoms in total. The van der Waals surface area contributed by atoms with Gasteiger partial charge in [0.15, 0.2) is 0 Å². The van der Waals surface area contributed by atoms with Gasteiger partial charge in [-0.05, 0) is 12.1 Å². The highest BCUT2D eigenvalue weighted by molar-refractivity contribution is 7.86. The molecule has 0 aliphatic carbocycles. The van der Waals surface area contributed by atoms with Crippen LogP contribution in [0.15, 0.2) is 24.4 Å². The molecule has 0 N–H and O–H groups in total. The van der Waals surface area contributed by atoms with E-state index in [2.05, 4.69) is 4.98 Å². The lowest BCUT2D eigenvalue weighted by Crippen LogP contribution is -2.47. The van der Waals surface area contributed by atoms with Gasteiger partial charge in [-0.1, -0.05) is 6.07 Å². The Morgan fingerprint density at radius 3 is 2.83 bits per heavy atom. The first kappa shape index (κ1) is 13.4. The first-order chi connectivity index (χ1) is 8.51. The molecule has 1 saturated heterocycles. The largest absolute Gasteiger partial charge is 0.369 e. The maximum Gasteiger partial charge on any atom is 0.281 e. The lowest BCUT2D eigenvalue weighted by molar-refractivity contribution is -0.00622. The minimum atomic E-state index is -3.38. The van der Waals surface area contributed by atoms with Gasteiger partial charge in [0.2, 0.25) is 0 Å². The number of ether oxygens (including phenoxy) is 1. The van der Waals surface area contributed by atoms with E-state index >= 15 is 0 Å². The van der Waals surface area contributed by atoms with E-state index in [0.717, 1.165) is 5.69 Å². The Labute approximate surface area is 107 Å². The summed E-state index contributed by atoms with van der Waals surface area (Å²) in [7, 11) is -0.325. The third kappa shape index (κ3) is 2.69. The smallest absolute Gasteiger partial charge is 0.281 e. The van der Waals surface area contributed by atoms with Crippen molar-refractivity contribution in [2.24, 2.45) is 0 Å². The van der Waals surface area contributed by atoms with E-state index in [1.807, 2.05) is 18.2 Å². The molecule has 0 saturated carbocycles. The van der Waals surface area contributed by atoms with Crippen molar-refractivity contribution in [3.05, 3.63) is 30.1 Å². The quantitative estimate of drug-likeness (QED) is 0.791. The molecule has 1 fully saturated rings. The summed E-state index contributed by atoms with van der Waals surface area (Å²) in [5.41, 5.74) is 0.760. The van der Waals surface area contributed by atoms with Gasteiger partial charge in [-0.15, -0.1) is 0 Å². The van der Waals surface area contributed by atoms with Crippen LogP contribution in [0.4, 0.5) is 0 Å². The van der Waals surface area contributed by atoms with Crippen LogP contribution in [0.2, 0.25) is 0 Å². The van der Waals surface area contributed by atoms with Crippen molar-refractivity contribution >= 4 is 10.2 Å². The topological polar surface area (TPSA) is 62.7 Å². The van der Waals surface area contributed by atoms with E-state index in [4.69, 9.17) is 4.74 Å². The standard InChI is InChI=1S/C11H17N3O3S/c1-13(2)18(15,16)14-7-8-17-11(9-14)10-5-3-4-6-12-10/h3-6,11H,7-9H2,1-2H3/t11-/m0/s1. The van der Waals surface area contributed by atoms with Crippen molar-refractivity contribution in [1.82, 2.24) is 13.6 Å². The Morgan fingerprint density at radius 1 is 1.44 bits per heavy atom. The van der Waals surface area contributed by atoms with Crippen LogP contribution in [-0.2, 0) is 14.9 Å². The summed E-state index contributed by atoms with van der Waals surface area (Å²) in [4.78, 5) is 4.20. The average molecular weight is 271 g/mol. The van der Waals surface area contributed by atoms with E-state index in [-0.39, 0.29) is 6.10 Å². The first-order valence-electron chi connectivity index (χ1n) is 5.72. The normalized spacial score (nSPS) is 22.3. The van der Waals surface area contributed by atoms with Crippen LogP contribution in [0.5, 0.6) is 0 Å². The van der Waals surface area contributed by atoms with Crippen LogP contribution in [0.3, 0.4) is 0 Å². The van der Waals surface area contributed by atoms with Crippen LogP contribution in [0.25, 0.3) is 0 Å². The van der Waals surface area contributed by atoms with Gasteiger partial charge in [0.1, 0.15) is 6.10 Å². The summed E-state index contributed by atoms with van der Waals surface area (Å²) in [6.07, 6.45) is 1.38. The highest BCUT2D eigenvalue weighted by Crippen LogP contribution is 2.22. The molecule has 0 unspecified atom stereocenters. The van der Waals surface area contributed by atoms with Crippen molar-refractivity contribution in [3.63, 3.8) is 0 Å². The molecule has 1 aliphatic heterocycles. The predicted molar refractivity (Wildman–Crippen MR) is 67.1 cm³/mol. The Hall–Kier alpha value is -1.02. The Kier molecular flexibility index (Phi) is 3.96. The van der Waals surface area contributed by atoms with Gasteiger partial charge in [0.05, 0.1) is 12.3 Å². The third-order valence-corrected chi connectivity index (χ3v) is 4.74. The van der Waals surface area contributed by atoms with E-state index in [9.17, 15) is 8.42 Å². The summed E-state index contributed by atoms with van der Waals surface area (Å²) >= 11 is 0. The fourth-order valence-electron chi connectivity index (χ4n) is 1.81. The van der Waals surface area contributed by atoms with Crippen LogP contribution in [-0.4, -0.2) is 55.8 Å². The number of hydrogen-bond acceptors (Lipinski definition) is 4. The Bertz CT molecular complexity index is 490. The zero-order valence-corrected chi connectivity index (χ0v) is 11.3. The van der Waals surface area contributed by atoms with Gasteiger partial charge >= 0.3 is 0 Å². The van der Waals surface area contributed by atoms with Gasteiger partial charge in [-0.3, -0.25) is 4.98 Å². The second-order valence-corrected chi connectivity index (χ2v) is 6.40. The van der Waals surface area contributed by atoms with Gasteiger partial charge in [0, 0.05) is 33.4 Å². The van der Waals surface area contributed by atoms with E-state index in [1.54, 1.807) is 6.20 Å². The van der Waals surface area contributed by atoms with Gasteiger partial charge in [-0.2, -0.15) is 17.0 Å². The average Bonchev–Trinajstić information content (AvgIpc) is 2.40. The molecular weight excluding hydrogens is 254 g/mol. The molecule has 7 heteroatoms. The van der Waals surface area contributed by atoms with E-state index in [0.29, 0.717) is 19.7 Å². The maximum atomic E-state index is 12.0. The lowest BCUT2D eigenvalue weighted by atomic mass is 10.2. The van der Waals surface area contributed by atoms with Crippen LogP contribution < -0.4 is 0 Å². The van der Waals surface area contributed by atoms with Crippen molar-refractivity contribution in [3.8, 4) is 0 Å². The van der Waals surface area contributed by atoms with Gasteiger partial charge < -0.3 is 4.74 Å². The molecule has 100 valence electrons. The molecule has 1 aromatic rings. The van der Waals surface area contributed by atoms with Crippen LogP contribution >= 0.6 is 0 Å². The van der Waals surface area contributed by atoms with Crippen molar-refractivity contribution in [2.45, 2.75) is 6.10 Å². The Morgan fingerprint density at radius 2 is 2.22 bits per heavy atom. The zero-order valence-electron chi connectivity index (χ0n) is 10.5. The summed E-state index contributed by atoms with van der Waals surface area (Å²) < 4.78 is 32.3. The first-order valence-corrected chi connectivity index (χ1v) is 7.11. The molecule has 1 atom stereocenters. The van der Waals surface area contributed by atoms with Crippen molar-refractivity contribution in [1.29, 1.82) is 0 Å². The number of rotatable bonds is 3. The predicted octanol–water partition coefficient (Wildman–Crippen LogP) is 0.261. The monoisotopic (exact) mass is 271 g/mol. The van der Waals surface area contributed by atoms with Gasteiger partial charge in [0.25, 0.3) is 10.2 Å². The zero-order chi connectivity index (χ0) is 13.2. The van der Waals surface area contributed by atoms with Crippen LogP contribution in [0, 0.1) is 0 Å². The summed E-state index contributed by atoms with van der Waals surface area (Å²) in [6, 6.07) is 5.53. The molecular formula is C11H17N3O3S. The molecule has 0 spiro atoms.